The van der Waals surface area contributed by atoms with Crippen LogP contribution in [0.15, 0.2) is 4.47 Å². The third kappa shape index (κ3) is 2.91. The first-order valence-electron chi connectivity index (χ1n) is 7.38. The van der Waals surface area contributed by atoms with Gasteiger partial charge in [0.25, 0.3) is 0 Å². The van der Waals surface area contributed by atoms with Crippen LogP contribution in [0.4, 0.5) is 0 Å². The molecule has 1 fully saturated rings. The van der Waals surface area contributed by atoms with Crippen LogP contribution in [-0.4, -0.2) is 39.7 Å². The first-order chi connectivity index (χ1) is 9.62. The van der Waals surface area contributed by atoms with Crippen molar-refractivity contribution in [2.75, 3.05) is 13.1 Å². The largest absolute Gasteiger partial charge is 0.334 e. The van der Waals surface area contributed by atoms with E-state index in [1.165, 1.54) is 0 Å². The summed E-state index contributed by atoms with van der Waals surface area (Å²) in [5, 5.41) is 7.86. The maximum atomic E-state index is 12.4. The average molecular weight is 343 g/mol. The Hall–Kier alpha value is -0.880. The fourth-order valence-electron chi connectivity index (χ4n) is 2.62. The number of nitrogens with zero attached hydrogens (tertiary/aromatic N) is 3. The summed E-state index contributed by atoms with van der Waals surface area (Å²) >= 11 is 3.65. The minimum absolute atomic E-state index is 0.0360. The van der Waals surface area contributed by atoms with Crippen molar-refractivity contribution in [1.29, 1.82) is 0 Å². The Bertz CT molecular complexity index is 486. The lowest BCUT2D eigenvalue weighted by molar-refractivity contribution is -0.136. The first kappa shape index (κ1) is 15.5. The van der Waals surface area contributed by atoms with Gasteiger partial charge in [0.05, 0.1) is 28.4 Å². The minimum atomic E-state index is -0.0360. The number of hydrogen-bond donors (Lipinski definition) is 1. The normalized spacial score (nSPS) is 19.7. The van der Waals surface area contributed by atoms with E-state index in [1.807, 2.05) is 16.5 Å². The standard InChI is InChI=1S/C14H23BrN4O/c1-4-10-13(15)12(19(6-3)17-10)9-18-8-7-16-11(5-2)14(18)20/h11,16H,4-9H2,1-3H3. The zero-order valence-electron chi connectivity index (χ0n) is 12.4. The molecule has 6 heteroatoms. The van der Waals surface area contributed by atoms with Crippen LogP contribution in [0.3, 0.4) is 0 Å². The van der Waals surface area contributed by atoms with Gasteiger partial charge in [0, 0.05) is 19.6 Å². The molecule has 1 aromatic rings. The Balaban J connectivity index is 2.21. The second kappa shape index (κ2) is 6.72. The van der Waals surface area contributed by atoms with E-state index >= 15 is 0 Å². The lowest BCUT2D eigenvalue weighted by atomic mass is 10.1. The molecule has 0 spiro atoms. The molecule has 1 aliphatic rings. The van der Waals surface area contributed by atoms with Gasteiger partial charge in [0.15, 0.2) is 0 Å². The summed E-state index contributed by atoms with van der Waals surface area (Å²) < 4.78 is 3.06. The minimum Gasteiger partial charge on any atom is -0.334 e. The van der Waals surface area contributed by atoms with Crippen LogP contribution in [-0.2, 0) is 24.3 Å². The molecule has 0 aliphatic carbocycles. The lowest BCUT2D eigenvalue weighted by Crippen LogP contribution is -2.54. The summed E-state index contributed by atoms with van der Waals surface area (Å²) in [6.45, 7) is 9.31. The molecule has 0 aromatic carbocycles. The van der Waals surface area contributed by atoms with Crippen molar-refractivity contribution in [2.45, 2.75) is 52.7 Å². The summed E-state index contributed by atoms with van der Waals surface area (Å²) in [6.07, 6.45) is 1.73. The maximum Gasteiger partial charge on any atom is 0.240 e. The average Bonchev–Trinajstić information content (AvgIpc) is 2.77. The second-order valence-corrected chi connectivity index (χ2v) is 5.84. The molecule has 5 nitrogen and oxygen atoms in total. The SMILES string of the molecule is CCc1nn(CC)c(CN2CCNC(CC)C2=O)c1Br. The predicted octanol–water partition coefficient (Wildman–Crippen LogP) is 1.94. The molecule has 0 saturated carbocycles. The zero-order valence-corrected chi connectivity index (χ0v) is 14.0. The van der Waals surface area contributed by atoms with Crippen molar-refractivity contribution in [3.05, 3.63) is 15.9 Å². The van der Waals surface area contributed by atoms with E-state index in [1.54, 1.807) is 0 Å². The van der Waals surface area contributed by atoms with E-state index in [4.69, 9.17) is 0 Å². The highest BCUT2D eigenvalue weighted by Gasteiger charge is 2.28. The van der Waals surface area contributed by atoms with E-state index < -0.39 is 0 Å². The number of carbonyl (C=O) groups is 1. The predicted molar refractivity (Wildman–Crippen MR) is 82.5 cm³/mol. The molecule has 1 saturated heterocycles. The Morgan fingerprint density at radius 1 is 1.40 bits per heavy atom. The lowest BCUT2D eigenvalue weighted by Gasteiger charge is -2.32. The zero-order chi connectivity index (χ0) is 14.7. The smallest absolute Gasteiger partial charge is 0.240 e. The van der Waals surface area contributed by atoms with Gasteiger partial charge in [-0.1, -0.05) is 13.8 Å². The molecular formula is C14H23BrN4O. The molecule has 1 N–H and O–H groups in total. The fraction of sp³-hybridized carbons (Fsp3) is 0.714. The van der Waals surface area contributed by atoms with Crippen LogP contribution in [0.5, 0.6) is 0 Å². The molecule has 1 aromatic heterocycles. The van der Waals surface area contributed by atoms with Gasteiger partial charge in [-0.15, -0.1) is 0 Å². The second-order valence-electron chi connectivity index (χ2n) is 5.05. The topological polar surface area (TPSA) is 50.2 Å². The molecule has 2 heterocycles. The van der Waals surface area contributed by atoms with Crippen LogP contribution < -0.4 is 5.32 Å². The highest BCUT2D eigenvalue weighted by molar-refractivity contribution is 9.10. The maximum absolute atomic E-state index is 12.4. The van der Waals surface area contributed by atoms with Gasteiger partial charge >= 0.3 is 0 Å². The van der Waals surface area contributed by atoms with Gasteiger partial charge in [-0.05, 0) is 35.7 Å². The molecular weight excluding hydrogens is 320 g/mol. The summed E-state index contributed by atoms with van der Waals surface area (Å²) in [6, 6.07) is -0.0360. The van der Waals surface area contributed by atoms with E-state index in [0.29, 0.717) is 6.54 Å². The highest BCUT2D eigenvalue weighted by Crippen LogP contribution is 2.24. The molecule has 20 heavy (non-hydrogen) atoms. The summed E-state index contributed by atoms with van der Waals surface area (Å²) in [5.41, 5.74) is 2.17. The van der Waals surface area contributed by atoms with E-state index in [-0.39, 0.29) is 11.9 Å². The number of aryl methyl sites for hydroxylation is 2. The van der Waals surface area contributed by atoms with Crippen molar-refractivity contribution in [2.24, 2.45) is 0 Å². The van der Waals surface area contributed by atoms with Crippen LogP contribution in [0.2, 0.25) is 0 Å². The number of piperazine rings is 1. The van der Waals surface area contributed by atoms with Crippen LogP contribution >= 0.6 is 15.9 Å². The van der Waals surface area contributed by atoms with Crippen molar-refractivity contribution in [1.82, 2.24) is 20.0 Å². The Labute approximate surface area is 128 Å². The Kier molecular flexibility index (Phi) is 5.21. The molecule has 1 aliphatic heterocycles. The highest BCUT2D eigenvalue weighted by atomic mass is 79.9. The summed E-state index contributed by atoms with van der Waals surface area (Å²) in [7, 11) is 0. The van der Waals surface area contributed by atoms with Gasteiger partial charge in [0.1, 0.15) is 0 Å². The molecule has 0 bridgehead atoms. The number of halogens is 1. The molecule has 0 radical (unpaired) electrons. The van der Waals surface area contributed by atoms with Crippen molar-refractivity contribution in [3.63, 3.8) is 0 Å². The Morgan fingerprint density at radius 2 is 2.15 bits per heavy atom. The third-order valence-electron chi connectivity index (χ3n) is 3.83. The molecule has 2 rings (SSSR count). The van der Waals surface area contributed by atoms with E-state index in [2.05, 4.69) is 40.2 Å². The quantitative estimate of drug-likeness (QED) is 0.889. The number of carbonyl (C=O) groups excluding carboxylic acids is 1. The monoisotopic (exact) mass is 342 g/mol. The van der Waals surface area contributed by atoms with Gasteiger partial charge < -0.3 is 10.2 Å². The van der Waals surface area contributed by atoms with Crippen LogP contribution in [0.1, 0.15) is 38.6 Å². The number of rotatable bonds is 5. The molecule has 112 valence electrons. The van der Waals surface area contributed by atoms with Gasteiger partial charge in [-0.25, -0.2) is 0 Å². The number of aromatic nitrogens is 2. The molecule has 1 amide bonds. The Morgan fingerprint density at radius 3 is 2.75 bits per heavy atom. The van der Waals surface area contributed by atoms with Gasteiger partial charge in [-0.2, -0.15) is 5.10 Å². The van der Waals surface area contributed by atoms with Crippen LogP contribution in [0, 0.1) is 0 Å². The van der Waals surface area contributed by atoms with Crippen LogP contribution in [0.25, 0.3) is 0 Å². The molecule has 1 unspecified atom stereocenters. The first-order valence-corrected chi connectivity index (χ1v) is 8.17. The van der Waals surface area contributed by atoms with Crippen molar-refractivity contribution >= 4 is 21.8 Å². The number of hydrogen-bond acceptors (Lipinski definition) is 3. The summed E-state index contributed by atoms with van der Waals surface area (Å²) in [4.78, 5) is 14.3. The van der Waals surface area contributed by atoms with Crippen molar-refractivity contribution in [3.8, 4) is 0 Å². The third-order valence-corrected chi connectivity index (χ3v) is 4.74. The summed E-state index contributed by atoms with van der Waals surface area (Å²) in [5.74, 6) is 0.201. The molecule has 1 atom stereocenters. The van der Waals surface area contributed by atoms with E-state index in [9.17, 15) is 4.79 Å². The van der Waals surface area contributed by atoms with Crippen molar-refractivity contribution < 1.29 is 4.79 Å². The fourth-order valence-corrected chi connectivity index (χ4v) is 3.31. The van der Waals surface area contributed by atoms with E-state index in [0.717, 1.165) is 48.3 Å². The van der Waals surface area contributed by atoms with Gasteiger partial charge in [0.2, 0.25) is 5.91 Å². The number of amides is 1. The number of nitrogens with one attached hydrogen (secondary N) is 1. The van der Waals surface area contributed by atoms with Gasteiger partial charge in [-0.3, -0.25) is 9.48 Å².